The smallest absolute Gasteiger partial charge is 0.115 e. The van der Waals surface area contributed by atoms with Crippen molar-refractivity contribution >= 4 is 0 Å². The summed E-state index contributed by atoms with van der Waals surface area (Å²) in [5.74, 6) is 0.303. The van der Waals surface area contributed by atoms with Gasteiger partial charge in [-0.25, -0.2) is 0 Å². The van der Waals surface area contributed by atoms with Crippen LogP contribution in [-0.2, 0) is 9.47 Å². The highest BCUT2D eigenvalue weighted by atomic mass is 16.5. The third kappa shape index (κ3) is 3.26. The maximum Gasteiger partial charge on any atom is 0.115 e. The summed E-state index contributed by atoms with van der Waals surface area (Å²) in [4.78, 5) is 2.41. The van der Waals surface area contributed by atoms with E-state index >= 15 is 0 Å². The molecular formula is C15H21NO3. The molecule has 0 aromatic heterocycles. The minimum atomic E-state index is 0.0576. The number of morpholine rings is 1. The van der Waals surface area contributed by atoms with E-state index in [1.54, 1.807) is 12.1 Å². The number of hydrogen-bond acceptors (Lipinski definition) is 4. The summed E-state index contributed by atoms with van der Waals surface area (Å²) in [7, 11) is 0. The molecule has 2 fully saturated rings. The van der Waals surface area contributed by atoms with Crippen molar-refractivity contribution in [2.24, 2.45) is 0 Å². The lowest BCUT2D eigenvalue weighted by atomic mass is 10.1. The minimum absolute atomic E-state index is 0.0576. The number of nitrogens with zero attached hydrogens (tertiary/aromatic N) is 1. The van der Waals surface area contributed by atoms with Gasteiger partial charge in [-0.1, -0.05) is 12.1 Å². The van der Waals surface area contributed by atoms with Crippen molar-refractivity contribution in [1.29, 1.82) is 0 Å². The molecule has 0 spiro atoms. The molecular weight excluding hydrogens is 242 g/mol. The van der Waals surface area contributed by atoms with Crippen LogP contribution >= 0.6 is 0 Å². The fourth-order valence-electron chi connectivity index (χ4n) is 2.87. The molecule has 2 aliphatic heterocycles. The molecule has 4 heteroatoms. The number of phenolic OH excluding ortho intramolecular Hbond substituents is 1. The molecule has 104 valence electrons. The van der Waals surface area contributed by atoms with Gasteiger partial charge in [-0.05, 0) is 30.5 Å². The zero-order chi connectivity index (χ0) is 13.1. The van der Waals surface area contributed by atoms with Crippen molar-refractivity contribution in [3.05, 3.63) is 29.8 Å². The Kier molecular flexibility index (Phi) is 4.01. The van der Waals surface area contributed by atoms with E-state index in [4.69, 9.17) is 9.47 Å². The van der Waals surface area contributed by atoms with Crippen LogP contribution in [0.15, 0.2) is 24.3 Å². The monoisotopic (exact) mass is 263 g/mol. The second-order valence-corrected chi connectivity index (χ2v) is 5.35. The summed E-state index contributed by atoms with van der Waals surface area (Å²) in [6, 6.07) is 7.36. The van der Waals surface area contributed by atoms with Crippen molar-refractivity contribution in [3.63, 3.8) is 0 Å². The van der Waals surface area contributed by atoms with Crippen LogP contribution in [0.5, 0.6) is 5.75 Å². The van der Waals surface area contributed by atoms with Gasteiger partial charge in [-0.3, -0.25) is 4.90 Å². The Morgan fingerprint density at radius 1 is 1.26 bits per heavy atom. The van der Waals surface area contributed by atoms with E-state index < -0.39 is 0 Å². The molecule has 0 radical (unpaired) electrons. The molecule has 2 heterocycles. The van der Waals surface area contributed by atoms with Gasteiger partial charge in [0.05, 0.1) is 18.8 Å². The Hall–Kier alpha value is -1.10. The standard InChI is InChI=1S/C15H21NO3/c17-13-4-1-3-12(9-13)15-11-16(6-8-19-15)10-14-5-2-7-18-14/h1,3-4,9,14-15,17H,2,5-8,10-11H2/t14-,15-/m0/s1. The van der Waals surface area contributed by atoms with Crippen molar-refractivity contribution in [1.82, 2.24) is 4.90 Å². The van der Waals surface area contributed by atoms with Gasteiger partial charge in [-0.15, -0.1) is 0 Å². The Morgan fingerprint density at radius 3 is 3.00 bits per heavy atom. The zero-order valence-corrected chi connectivity index (χ0v) is 11.1. The number of phenols is 1. The van der Waals surface area contributed by atoms with Gasteiger partial charge in [0.2, 0.25) is 0 Å². The molecule has 19 heavy (non-hydrogen) atoms. The molecule has 4 nitrogen and oxygen atoms in total. The molecule has 1 aromatic carbocycles. The van der Waals surface area contributed by atoms with E-state index in [2.05, 4.69) is 4.90 Å². The van der Waals surface area contributed by atoms with Gasteiger partial charge in [0.15, 0.2) is 0 Å². The predicted octanol–water partition coefficient (Wildman–Crippen LogP) is 1.94. The van der Waals surface area contributed by atoms with Gasteiger partial charge >= 0.3 is 0 Å². The maximum atomic E-state index is 9.55. The van der Waals surface area contributed by atoms with Gasteiger partial charge in [-0.2, -0.15) is 0 Å². The van der Waals surface area contributed by atoms with Crippen LogP contribution in [0, 0.1) is 0 Å². The topological polar surface area (TPSA) is 41.9 Å². The highest BCUT2D eigenvalue weighted by Gasteiger charge is 2.25. The summed E-state index contributed by atoms with van der Waals surface area (Å²) in [5, 5.41) is 9.55. The molecule has 2 saturated heterocycles. The van der Waals surface area contributed by atoms with Gasteiger partial charge in [0.25, 0.3) is 0 Å². The van der Waals surface area contributed by atoms with E-state index in [9.17, 15) is 5.11 Å². The number of aromatic hydroxyl groups is 1. The SMILES string of the molecule is Oc1cccc([C@@H]2CN(C[C@@H]3CCCO3)CCO2)c1. The van der Waals surface area contributed by atoms with Crippen LogP contribution in [0.4, 0.5) is 0 Å². The van der Waals surface area contributed by atoms with Crippen LogP contribution in [0.2, 0.25) is 0 Å². The Bertz CT molecular complexity index is 418. The van der Waals surface area contributed by atoms with E-state index in [1.165, 1.54) is 12.8 Å². The van der Waals surface area contributed by atoms with Crippen LogP contribution in [-0.4, -0.2) is 49.0 Å². The van der Waals surface area contributed by atoms with Crippen LogP contribution in [0.3, 0.4) is 0 Å². The van der Waals surface area contributed by atoms with Gasteiger partial charge in [0, 0.05) is 26.2 Å². The normalized spacial score (nSPS) is 28.6. The summed E-state index contributed by atoms with van der Waals surface area (Å²) in [5.41, 5.74) is 1.05. The molecule has 2 aliphatic rings. The molecule has 1 aromatic rings. The fourth-order valence-corrected chi connectivity index (χ4v) is 2.87. The fraction of sp³-hybridized carbons (Fsp3) is 0.600. The number of ether oxygens (including phenoxy) is 2. The van der Waals surface area contributed by atoms with E-state index in [0.717, 1.165) is 38.4 Å². The number of rotatable bonds is 3. The second-order valence-electron chi connectivity index (χ2n) is 5.35. The molecule has 0 saturated carbocycles. The average Bonchev–Trinajstić information content (AvgIpc) is 2.92. The quantitative estimate of drug-likeness (QED) is 0.905. The molecule has 0 bridgehead atoms. The lowest BCUT2D eigenvalue weighted by Crippen LogP contribution is -2.42. The Morgan fingerprint density at radius 2 is 2.21 bits per heavy atom. The summed E-state index contributed by atoms with van der Waals surface area (Å²) < 4.78 is 11.5. The predicted molar refractivity (Wildman–Crippen MR) is 72.2 cm³/mol. The third-order valence-corrected chi connectivity index (χ3v) is 3.88. The molecule has 0 unspecified atom stereocenters. The first-order chi connectivity index (χ1) is 9.31. The molecule has 0 amide bonds. The molecule has 3 rings (SSSR count). The first-order valence-corrected chi connectivity index (χ1v) is 7.06. The van der Waals surface area contributed by atoms with Crippen molar-refractivity contribution < 1.29 is 14.6 Å². The Balaban J connectivity index is 1.61. The third-order valence-electron chi connectivity index (χ3n) is 3.88. The lowest BCUT2D eigenvalue weighted by Gasteiger charge is -2.34. The van der Waals surface area contributed by atoms with E-state index in [0.29, 0.717) is 11.9 Å². The molecule has 0 aliphatic carbocycles. The Labute approximate surface area is 113 Å². The van der Waals surface area contributed by atoms with Crippen molar-refractivity contribution in [2.45, 2.75) is 25.0 Å². The average molecular weight is 263 g/mol. The summed E-state index contributed by atoms with van der Waals surface area (Å²) in [6.07, 6.45) is 2.81. The van der Waals surface area contributed by atoms with E-state index in [1.807, 2.05) is 12.1 Å². The van der Waals surface area contributed by atoms with Crippen LogP contribution < -0.4 is 0 Å². The minimum Gasteiger partial charge on any atom is -0.508 e. The van der Waals surface area contributed by atoms with E-state index in [-0.39, 0.29) is 6.10 Å². The second kappa shape index (κ2) is 5.90. The highest BCUT2D eigenvalue weighted by molar-refractivity contribution is 5.29. The first-order valence-electron chi connectivity index (χ1n) is 7.06. The highest BCUT2D eigenvalue weighted by Crippen LogP contribution is 2.25. The van der Waals surface area contributed by atoms with Crippen molar-refractivity contribution in [3.8, 4) is 5.75 Å². The maximum absolute atomic E-state index is 9.55. The van der Waals surface area contributed by atoms with Gasteiger partial charge < -0.3 is 14.6 Å². The lowest BCUT2D eigenvalue weighted by molar-refractivity contribution is -0.0446. The van der Waals surface area contributed by atoms with Crippen LogP contribution in [0.1, 0.15) is 24.5 Å². The summed E-state index contributed by atoms with van der Waals surface area (Å²) >= 11 is 0. The largest absolute Gasteiger partial charge is 0.508 e. The molecule has 1 N–H and O–H groups in total. The summed E-state index contributed by atoms with van der Waals surface area (Å²) in [6.45, 7) is 4.50. The van der Waals surface area contributed by atoms with Crippen molar-refractivity contribution in [2.75, 3.05) is 32.8 Å². The zero-order valence-electron chi connectivity index (χ0n) is 11.1. The molecule has 2 atom stereocenters. The van der Waals surface area contributed by atoms with Crippen LogP contribution in [0.25, 0.3) is 0 Å². The number of hydrogen-bond donors (Lipinski definition) is 1. The first kappa shape index (κ1) is 12.9. The van der Waals surface area contributed by atoms with Gasteiger partial charge in [0.1, 0.15) is 5.75 Å². The number of benzene rings is 1.